The fraction of sp³-hybridized carbons (Fsp3) is 0.500. The third-order valence-corrected chi connectivity index (χ3v) is 0.632. The quantitative estimate of drug-likeness (QED) is 0.493. The molecule has 59 valence electrons. The van der Waals surface area contributed by atoms with Gasteiger partial charge in [0, 0.05) is 12.4 Å². The largest absolute Gasteiger partial charge is 2.00 e. The molecule has 1 radical (unpaired) electrons. The number of hydrogen-bond donors (Lipinski definition) is 1. The Balaban J connectivity index is 0. The van der Waals surface area contributed by atoms with Crippen LogP contribution in [0.25, 0.3) is 0 Å². The zero-order valence-electron chi connectivity index (χ0n) is 4.70. The molecule has 0 spiro atoms. The molecule has 0 aliphatic heterocycles. The van der Waals surface area contributed by atoms with Crippen LogP contribution >= 0.6 is 0 Å². The Hall–Kier alpha value is -0.594. The van der Waals surface area contributed by atoms with Crippen molar-refractivity contribution in [3.63, 3.8) is 0 Å². The van der Waals surface area contributed by atoms with Gasteiger partial charge in [0.05, 0.1) is 12.1 Å². The first-order valence-electron chi connectivity index (χ1n) is 2.13. The van der Waals surface area contributed by atoms with Crippen molar-refractivity contribution in [1.82, 2.24) is 0 Å². The maximum atomic E-state index is 9.58. The molecule has 0 amide bonds. The molecule has 1 unspecified atom stereocenters. The van der Waals surface area contributed by atoms with Crippen molar-refractivity contribution in [3.8, 4) is 0 Å². The van der Waals surface area contributed by atoms with Crippen LogP contribution in [0, 0.1) is 0 Å². The van der Waals surface area contributed by atoms with Crippen molar-refractivity contribution >= 4 is 11.9 Å². The fourth-order valence-electron chi connectivity index (χ4n) is 0.241. The summed E-state index contributed by atoms with van der Waals surface area (Å²) in [5.74, 6) is -3.43. The molecule has 0 aromatic carbocycles. The standard InChI is InChI=1S/C4H6O5.Co/c5-2(4(8)9)1-3(6)7;/h2,5H,1H2,(H,6,7)(H,8,9);/q;+2/p-2. The van der Waals surface area contributed by atoms with E-state index >= 15 is 0 Å². The number of carboxylic acid groups (broad SMARTS) is 2. The topological polar surface area (TPSA) is 100 Å². The van der Waals surface area contributed by atoms with Crippen LogP contribution < -0.4 is 10.2 Å². The van der Waals surface area contributed by atoms with Gasteiger partial charge in [-0.1, -0.05) is 0 Å². The zero-order valence-corrected chi connectivity index (χ0v) is 5.74. The van der Waals surface area contributed by atoms with Gasteiger partial charge in [0.2, 0.25) is 0 Å². The van der Waals surface area contributed by atoms with E-state index in [1.807, 2.05) is 0 Å². The van der Waals surface area contributed by atoms with E-state index in [0.717, 1.165) is 0 Å². The maximum absolute atomic E-state index is 9.58. The molecule has 10 heavy (non-hydrogen) atoms. The molecule has 0 saturated heterocycles. The molecular weight excluding hydrogens is 187 g/mol. The molecule has 1 N–H and O–H groups in total. The Morgan fingerprint density at radius 2 is 1.80 bits per heavy atom. The minimum atomic E-state index is -1.96. The molecule has 0 aliphatic carbocycles. The van der Waals surface area contributed by atoms with E-state index in [4.69, 9.17) is 5.11 Å². The van der Waals surface area contributed by atoms with Gasteiger partial charge in [-0.2, -0.15) is 0 Å². The molecule has 1 atom stereocenters. The van der Waals surface area contributed by atoms with Crippen molar-refractivity contribution in [2.45, 2.75) is 12.5 Å². The summed E-state index contributed by atoms with van der Waals surface area (Å²) in [5, 5.41) is 27.3. The molecule has 0 aromatic rings. The smallest absolute Gasteiger partial charge is 0.550 e. The Kier molecular flexibility index (Phi) is 6.32. The molecule has 0 rings (SSSR count). The second kappa shape index (κ2) is 5.21. The normalized spacial score (nSPS) is 11.3. The molecule has 5 nitrogen and oxygen atoms in total. The summed E-state index contributed by atoms with van der Waals surface area (Å²) in [5.41, 5.74) is 0. The number of rotatable bonds is 3. The molecule has 0 bridgehead atoms. The average Bonchev–Trinajstić information content (AvgIpc) is 1.63. The minimum Gasteiger partial charge on any atom is -0.550 e. The van der Waals surface area contributed by atoms with E-state index in [1.165, 1.54) is 0 Å². The summed E-state index contributed by atoms with van der Waals surface area (Å²) in [6.07, 6.45) is -2.89. The summed E-state index contributed by atoms with van der Waals surface area (Å²) in [6, 6.07) is 0. The maximum Gasteiger partial charge on any atom is 2.00 e. The van der Waals surface area contributed by atoms with Crippen molar-refractivity contribution in [2.75, 3.05) is 0 Å². The monoisotopic (exact) mass is 191 g/mol. The first kappa shape index (κ1) is 12.1. The van der Waals surface area contributed by atoms with Gasteiger partial charge in [-0.3, -0.25) is 0 Å². The van der Waals surface area contributed by atoms with Crippen LogP contribution in [0.4, 0.5) is 0 Å². The number of carbonyl (C=O) groups is 2. The summed E-state index contributed by atoms with van der Waals surface area (Å²) in [7, 11) is 0. The Labute approximate surface area is 66.9 Å². The van der Waals surface area contributed by atoms with Crippen LogP contribution in [0.15, 0.2) is 0 Å². The third kappa shape index (κ3) is 5.54. The number of aliphatic hydroxyl groups is 1. The van der Waals surface area contributed by atoms with Crippen LogP contribution in [-0.2, 0) is 26.4 Å². The number of hydrogen-bond acceptors (Lipinski definition) is 5. The predicted molar refractivity (Wildman–Crippen MR) is 20.6 cm³/mol. The van der Waals surface area contributed by atoms with Crippen LogP contribution in [0.2, 0.25) is 0 Å². The summed E-state index contributed by atoms with van der Waals surface area (Å²) in [6.45, 7) is 0. The number of aliphatic hydroxyl groups excluding tert-OH is 1. The third-order valence-electron chi connectivity index (χ3n) is 0.632. The van der Waals surface area contributed by atoms with Crippen LogP contribution in [0.1, 0.15) is 6.42 Å². The Morgan fingerprint density at radius 1 is 1.40 bits per heavy atom. The molecule has 0 aliphatic rings. The van der Waals surface area contributed by atoms with Crippen LogP contribution in [-0.4, -0.2) is 23.1 Å². The van der Waals surface area contributed by atoms with Gasteiger partial charge >= 0.3 is 16.8 Å². The van der Waals surface area contributed by atoms with Gasteiger partial charge in [-0.15, -0.1) is 0 Å². The SMILES string of the molecule is O=C([O-])CC(O)C(=O)[O-].[Co+2]. The van der Waals surface area contributed by atoms with Gasteiger partial charge in [-0.05, 0) is 0 Å². The van der Waals surface area contributed by atoms with E-state index in [2.05, 4.69) is 0 Å². The van der Waals surface area contributed by atoms with E-state index in [0.29, 0.717) is 0 Å². The summed E-state index contributed by atoms with van der Waals surface area (Å²) >= 11 is 0. The Morgan fingerprint density at radius 3 is 1.90 bits per heavy atom. The van der Waals surface area contributed by atoms with E-state index in [-0.39, 0.29) is 16.8 Å². The van der Waals surface area contributed by atoms with Gasteiger partial charge in [0.1, 0.15) is 0 Å². The fourth-order valence-corrected chi connectivity index (χ4v) is 0.241. The van der Waals surface area contributed by atoms with Crippen molar-refractivity contribution in [3.05, 3.63) is 0 Å². The van der Waals surface area contributed by atoms with Crippen molar-refractivity contribution < 1.29 is 41.7 Å². The van der Waals surface area contributed by atoms with Crippen molar-refractivity contribution in [2.24, 2.45) is 0 Å². The number of carboxylic acids is 2. The van der Waals surface area contributed by atoms with Gasteiger partial charge in [0.25, 0.3) is 0 Å². The van der Waals surface area contributed by atoms with Crippen molar-refractivity contribution in [1.29, 1.82) is 0 Å². The summed E-state index contributed by atoms with van der Waals surface area (Å²) < 4.78 is 0. The van der Waals surface area contributed by atoms with E-state index in [1.54, 1.807) is 0 Å². The second-order valence-electron chi connectivity index (χ2n) is 1.41. The Bertz CT molecular complexity index is 134. The number of aliphatic carboxylic acids is 2. The molecular formula is C4H4CoO5. The molecule has 0 heterocycles. The number of carbonyl (C=O) groups excluding carboxylic acids is 2. The van der Waals surface area contributed by atoms with Crippen LogP contribution in [0.5, 0.6) is 0 Å². The predicted octanol–water partition coefficient (Wildman–Crippen LogP) is -3.77. The first-order chi connectivity index (χ1) is 4.04. The average molecular weight is 191 g/mol. The molecule has 0 aromatic heterocycles. The first-order valence-corrected chi connectivity index (χ1v) is 2.13. The minimum absolute atomic E-state index is 0. The second-order valence-corrected chi connectivity index (χ2v) is 1.41. The van der Waals surface area contributed by atoms with Crippen LogP contribution in [0.3, 0.4) is 0 Å². The summed E-state index contributed by atoms with van der Waals surface area (Å²) in [4.78, 5) is 19.1. The van der Waals surface area contributed by atoms with Gasteiger partial charge < -0.3 is 24.9 Å². The van der Waals surface area contributed by atoms with E-state index < -0.39 is 24.5 Å². The zero-order chi connectivity index (χ0) is 7.44. The van der Waals surface area contributed by atoms with Gasteiger partial charge in [0.15, 0.2) is 0 Å². The molecule has 0 fully saturated rings. The van der Waals surface area contributed by atoms with E-state index in [9.17, 15) is 19.8 Å². The van der Waals surface area contributed by atoms with Gasteiger partial charge in [-0.25, -0.2) is 0 Å². The molecule has 0 saturated carbocycles. The molecule has 6 heteroatoms.